The van der Waals surface area contributed by atoms with Crippen molar-refractivity contribution in [1.29, 1.82) is 0 Å². The monoisotopic (exact) mass is 641 g/mol. The maximum atomic E-state index is 6.24. The Balaban J connectivity index is 1.20. The maximum absolute atomic E-state index is 6.24. The number of pyridine rings is 1. The van der Waals surface area contributed by atoms with E-state index in [1.54, 1.807) is 0 Å². The Hall–Kier alpha value is -6.92. The van der Waals surface area contributed by atoms with Gasteiger partial charge in [-0.1, -0.05) is 115 Å². The van der Waals surface area contributed by atoms with Crippen LogP contribution in [0.25, 0.3) is 94.7 Å². The van der Waals surface area contributed by atoms with Gasteiger partial charge in [-0.05, 0) is 47.5 Å². The average molecular weight is 642 g/mol. The van der Waals surface area contributed by atoms with Gasteiger partial charge in [-0.25, -0.2) is 15.0 Å². The summed E-state index contributed by atoms with van der Waals surface area (Å²) in [5.74, 6) is 1.77. The van der Waals surface area contributed by atoms with Crippen molar-refractivity contribution in [1.82, 2.24) is 24.5 Å². The van der Waals surface area contributed by atoms with Gasteiger partial charge in [-0.15, -0.1) is 0 Å². The summed E-state index contributed by atoms with van der Waals surface area (Å²) in [6, 6.07) is 51.9. The number of furan rings is 1. The molecule has 10 rings (SSSR count). The Bertz CT molecular complexity index is 2820. The van der Waals surface area contributed by atoms with Crippen LogP contribution in [0.1, 0.15) is 0 Å². The molecule has 0 bridgehead atoms. The zero-order valence-corrected chi connectivity index (χ0v) is 26.7. The van der Waals surface area contributed by atoms with Gasteiger partial charge >= 0.3 is 0 Å². The quantitative estimate of drug-likeness (QED) is 0.187. The SMILES string of the molecule is c1ccc(-c2nc(-c3ccccc3)nc(-c3cnccc3-n3c4ccccc4c4cc(-c5cccc6oc7ccccc7c56)ccc43)n2)cc1. The molecule has 6 nitrogen and oxygen atoms in total. The third kappa shape index (κ3) is 4.50. The van der Waals surface area contributed by atoms with Crippen LogP contribution in [0.4, 0.5) is 0 Å². The van der Waals surface area contributed by atoms with Crippen molar-refractivity contribution < 1.29 is 4.42 Å². The summed E-state index contributed by atoms with van der Waals surface area (Å²) in [5.41, 5.74) is 9.79. The van der Waals surface area contributed by atoms with Crippen molar-refractivity contribution in [3.05, 3.63) is 164 Å². The van der Waals surface area contributed by atoms with Crippen LogP contribution in [0.2, 0.25) is 0 Å². The number of nitrogens with zero attached hydrogens (tertiary/aromatic N) is 5. The molecule has 0 radical (unpaired) electrons. The zero-order valence-electron chi connectivity index (χ0n) is 26.7. The van der Waals surface area contributed by atoms with Crippen molar-refractivity contribution in [2.75, 3.05) is 0 Å². The van der Waals surface area contributed by atoms with E-state index in [-0.39, 0.29) is 0 Å². The third-order valence-corrected chi connectivity index (χ3v) is 9.37. The van der Waals surface area contributed by atoms with Crippen LogP contribution in [0.5, 0.6) is 0 Å². The average Bonchev–Trinajstić information content (AvgIpc) is 3.74. The number of benzene rings is 6. The van der Waals surface area contributed by atoms with Crippen LogP contribution in [0.3, 0.4) is 0 Å². The molecule has 0 atom stereocenters. The van der Waals surface area contributed by atoms with Gasteiger partial charge in [0.25, 0.3) is 0 Å². The van der Waals surface area contributed by atoms with Crippen LogP contribution in [-0.2, 0) is 0 Å². The lowest BCUT2D eigenvalue weighted by molar-refractivity contribution is 0.669. The van der Waals surface area contributed by atoms with Gasteiger partial charge in [0.05, 0.1) is 22.3 Å². The first-order chi connectivity index (χ1) is 24.8. The van der Waals surface area contributed by atoms with E-state index in [9.17, 15) is 0 Å². The van der Waals surface area contributed by atoms with Gasteiger partial charge in [0, 0.05) is 45.1 Å². The van der Waals surface area contributed by atoms with Crippen molar-refractivity contribution in [2.45, 2.75) is 0 Å². The molecule has 0 fully saturated rings. The largest absolute Gasteiger partial charge is 0.456 e. The second-order valence-electron chi connectivity index (χ2n) is 12.3. The number of aromatic nitrogens is 5. The number of hydrogen-bond acceptors (Lipinski definition) is 5. The summed E-state index contributed by atoms with van der Waals surface area (Å²) in [7, 11) is 0. The Labute approximate surface area is 287 Å². The first kappa shape index (κ1) is 28.1. The second-order valence-corrected chi connectivity index (χ2v) is 12.3. The molecule has 0 spiro atoms. The minimum atomic E-state index is 0.557. The van der Waals surface area contributed by atoms with Crippen LogP contribution in [0, 0.1) is 0 Å². The lowest BCUT2D eigenvalue weighted by Gasteiger charge is -2.14. The topological polar surface area (TPSA) is 69.6 Å². The van der Waals surface area contributed by atoms with E-state index in [1.165, 1.54) is 0 Å². The molecule has 0 aliphatic heterocycles. The zero-order chi connectivity index (χ0) is 33.0. The summed E-state index contributed by atoms with van der Waals surface area (Å²) in [6.45, 7) is 0. The predicted octanol–water partition coefficient (Wildman–Crippen LogP) is 10.9. The Kier molecular flexibility index (Phi) is 6.39. The summed E-state index contributed by atoms with van der Waals surface area (Å²) >= 11 is 0. The highest BCUT2D eigenvalue weighted by atomic mass is 16.3. The van der Waals surface area contributed by atoms with E-state index in [0.29, 0.717) is 17.5 Å². The fraction of sp³-hybridized carbons (Fsp3) is 0. The van der Waals surface area contributed by atoms with E-state index in [4.69, 9.17) is 19.4 Å². The number of para-hydroxylation sites is 2. The molecular formula is C44H27N5O. The highest BCUT2D eigenvalue weighted by Crippen LogP contribution is 2.41. The normalized spacial score (nSPS) is 11.6. The molecule has 50 heavy (non-hydrogen) atoms. The van der Waals surface area contributed by atoms with Gasteiger partial charge in [-0.3, -0.25) is 4.98 Å². The molecule has 6 heteroatoms. The molecule has 0 aliphatic rings. The van der Waals surface area contributed by atoms with E-state index in [1.807, 2.05) is 97.3 Å². The lowest BCUT2D eigenvalue weighted by Crippen LogP contribution is -2.04. The van der Waals surface area contributed by atoms with E-state index in [2.05, 4.69) is 76.3 Å². The molecule has 0 aliphatic carbocycles. The molecular weight excluding hydrogens is 615 g/mol. The Morgan fingerprint density at radius 3 is 1.86 bits per heavy atom. The molecule has 0 unspecified atom stereocenters. The van der Waals surface area contributed by atoms with Gasteiger partial charge < -0.3 is 8.98 Å². The highest BCUT2D eigenvalue weighted by molar-refractivity contribution is 6.15. The smallest absolute Gasteiger partial charge is 0.167 e. The summed E-state index contributed by atoms with van der Waals surface area (Å²) in [6.07, 6.45) is 3.68. The van der Waals surface area contributed by atoms with Crippen LogP contribution in [0.15, 0.2) is 168 Å². The van der Waals surface area contributed by atoms with Crippen LogP contribution < -0.4 is 0 Å². The number of fused-ring (bicyclic) bond motifs is 6. The molecule has 6 aromatic carbocycles. The summed E-state index contributed by atoms with van der Waals surface area (Å²) in [4.78, 5) is 19.6. The molecule has 0 saturated carbocycles. The first-order valence-electron chi connectivity index (χ1n) is 16.6. The fourth-order valence-electron chi connectivity index (χ4n) is 7.10. The fourth-order valence-corrected chi connectivity index (χ4v) is 7.10. The second kappa shape index (κ2) is 11.4. The van der Waals surface area contributed by atoms with Crippen LogP contribution >= 0.6 is 0 Å². The lowest BCUT2D eigenvalue weighted by atomic mass is 9.98. The minimum absolute atomic E-state index is 0.557. The molecule has 0 amide bonds. The molecule has 10 aromatic rings. The van der Waals surface area contributed by atoms with Crippen molar-refractivity contribution in [3.63, 3.8) is 0 Å². The van der Waals surface area contributed by atoms with Gasteiger partial charge in [0.2, 0.25) is 0 Å². The maximum Gasteiger partial charge on any atom is 0.167 e. The van der Waals surface area contributed by atoms with Gasteiger partial charge in [-0.2, -0.15) is 0 Å². The Morgan fingerprint density at radius 1 is 0.440 bits per heavy atom. The van der Waals surface area contributed by atoms with Crippen molar-refractivity contribution in [3.8, 4) is 51.0 Å². The van der Waals surface area contributed by atoms with E-state index < -0.39 is 0 Å². The van der Waals surface area contributed by atoms with Crippen molar-refractivity contribution in [2.24, 2.45) is 0 Å². The van der Waals surface area contributed by atoms with E-state index >= 15 is 0 Å². The summed E-state index contributed by atoms with van der Waals surface area (Å²) in [5, 5.41) is 4.54. The van der Waals surface area contributed by atoms with Gasteiger partial charge in [0.15, 0.2) is 17.5 Å². The third-order valence-electron chi connectivity index (χ3n) is 9.37. The van der Waals surface area contributed by atoms with Gasteiger partial charge in [0.1, 0.15) is 11.2 Å². The molecule has 0 N–H and O–H groups in total. The summed E-state index contributed by atoms with van der Waals surface area (Å²) < 4.78 is 8.54. The molecule has 4 aromatic heterocycles. The molecule has 4 heterocycles. The highest BCUT2D eigenvalue weighted by Gasteiger charge is 2.20. The van der Waals surface area contributed by atoms with E-state index in [0.717, 1.165) is 77.2 Å². The minimum Gasteiger partial charge on any atom is -0.456 e. The first-order valence-corrected chi connectivity index (χ1v) is 16.6. The van der Waals surface area contributed by atoms with Crippen LogP contribution in [-0.4, -0.2) is 24.5 Å². The predicted molar refractivity (Wildman–Crippen MR) is 201 cm³/mol. The Morgan fingerprint density at radius 2 is 1.08 bits per heavy atom. The van der Waals surface area contributed by atoms with Crippen molar-refractivity contribution >= 4 is 43.7 Å². The molecule has 0 saturated heterocycles. The molecule has 234 valence electrons. The number of rotatable bonds is 5. The number of hydrogen-bond donors (Lipinski definition) is 0. The standard InChI is InChI=1S/C44H27N5O/c1-3-12-28(13-4-1)42-46-43(29-14-5-2-6-15-29)48-44(47-42)35-27-45-25-24-38(35)49-36-19-9-7-16-32(36)34-26-30(22-23-37(34)49)31-18-11-21-40-41(31)33-17-8-10-20-39(33)50-40/h1-27H.